The smallest absolute Gasteiger partial charge is 0.347 e. The number of halogens is 1. The number of unbranched alkanes of at least 4 members (excludes halogenated alkanes) is 1. The Balaban J connectivity index is 2.00. The fourth-order valence-electron chi connectivity index (χ4n) is 3.85. The number of carbonyl (C=O) groups is 1. The molecule has 2 aromatic carbocycles. The molecular weight excluding hydrogens is 385 g/mol. The van der Waals surface area contributed by atoms with Gasteiger partial charge in [-0.05, 0) is 44.4 Å². The fraction of sp³-hybridized carbons (Fsp3) is 0.458. The van der Waals surface area contributed by atoms with Gasteiger partial charge in [0.2, 0.25) is 0 Å². The molecule has 1 heterocycles. The number of alkyl halides is 1. The van der Waals surface area contributed by atoms with E-state index in [1.54, 1.807) is 19.2 Å². The van der Waals surface area contributed by atoms with Crippen LogP contribution in [-0.4, -0.2) is 32.4 Å². The number of ether oxygens (including phenoxy) is 3. The van der Waals surface area contributed by atoms with Crippen molar-refractivity contribution in [2.45, 2.75) is 51.6 Å². The Hall–Kier alpha value is -2.60. The number of esters is 1. The maximum absolute atomic E-state index is 13.1. The van der Waals surface area contributed by atoms with Gasteiger partial charge >= 0.3 is 5.97 Å². The second-order valence-electron chi connectivity index (χ2n) is 7.55. The molecule has 1 aliphatic rings. The standard InChI is InChI=1S/C24H30FNO4/c1-4-5-13-29-21-14-19(20-12-11-17(15-25)26-20)23(28-3)16(2)22(21)24(27)30-18-9-7-6-8-10-18/h6-10,14,17,20,26H,4-5,11-13,15H2,1-3H3/t17-,20?/m0/s1. The molecule has 1 unspecified atom stereocenters. The number of carbonyl (C=O) groups excluding carboxylic acids is 1. The molecule has 2 atom stereocenters. The number of hydrogen-bond donors (Lipinski definition) is 1. The minimum absolute atomic E-state index is 0.0490. The van der Waals surface area contributed by atoms with E-state index in [-0.39, 0.29) is 12.1 Å². The van der Waals surface area contributed by atoms with E-state index in [0.717, 1.165) is 31.2 Å². The van der Waals surface area contributed by atoms with E-state index in [9.17, 15) is 9.18 Å². The summed E-state index contributed by atoms with van der Waals surface area (Å²) in [4.78, 5) is 13.1. The van der Waals surface area contributed by atoms with Crippen molar-refractivity contribution in [1.82, 2.24) is 5.32 Å². The molecule has 0 radical (unpaired) electrons. The predicted molar refractivity (Wildman–Crippen MR) is 114 cm³/mol. The van der Waals surface area contributed by atoms with Crippen LogP contribution in [-0.2, 0) is 0 Å². The van der Waals surface area contributed by atoms with E-state index in [4.69, 9.17) is 14.2 Å². The van der Waals surface area contributed by atoms with Crippen LogP contribution in [0, 0.1) is 6.92 Å². The fourth-order valence-corrected chi connectivity index (χ4v) is 3.85. The van der Waals surface area contributed by atoms with Gasteiger partial charge in [-0.15, -0.1) is 0 Å². The molecule has 0 spiro atoms. The number of hydrogen-bond acceptors (Lipinski definition) is 5. The van der Waals surface area contributed by atoms with Crippen LogP contribution in [0.15, 0.2) is 36.4 Å². The van der Waals surface area contributed by atoms with Gasteiger partial charge in [0.05, 0.1) is 13.7 Å². The number of benzene rings is 2. The third kappa shape index (κ3) is 4.93. The van der Waals surface area contributed by atoms with Crippen LogP contribution in [0.4, 0.5) is 4.39 Å². The summed E-state index contributed by atoms with van der Waals surface area (Å²) in [6.07, 6.45) is 3.41. The lowest BCUT2D eigenvalue weighted by molar-refractivity contribution is 0.0728. The first kappa shape index (κ1) is 22.1. The molecule has 2 aromatic rings. The molecule has 0 aliphatic carbocycles. The Morgan fingerprint density at radius 2 is 2.00 bits per heavy atom. The third-order valence-electron chi connectivity index (χ3n) is 5.43. The van der Waals surface area contributed by atoms with Crippen LogP contribution < -0.4 is 19.5 Å². The second kappa shape index (κ2) is 10.4. The molecule has 1 N–H and O–H groups in total. The van der Waals surface area contributed by atoms with E-state index in [1.165, 1.54) is 0 Å². The summed E-state index contributed by atoms with van der Waals surface area (Å²) >= 11 is 0. The van der Waals surface area contributed by atoms with Crippen LogP contribution in [0.3, 0.4) is 0 Å². The zero-order valence-corrected chi connectivity index (χ0v) is 17.9. The molecule has 0 saturated carbocycles. The molecule has 1 saturated heterocycles. The van der Waals surface area contributed by atoms with E-state index >= 15 is 0 Å². The molecule has 0 aromatic heterocycles. The van der Waals surface area contributed by atoms with Gasteiger partial charge < -0.3 is 19.5 Å². The number of methoxy groups -OCH3 is 1. The molecule has 3 rings (SSSR count). The van der Waals surface area contributed by atoms with Crippen molar-refractivity contribution in [3.8, 4) is 17.2 Å². The van der Waals surface area contributed by atoms with Crippen molar-refractivity contribution >= 4 is 5.97 Å². The van der Waals surface area contributed by atoms with Crippen molar-refractivity contribution in [2.24, 2.45) is 0 Å². The summed E-state index contributed by atoms with van der Waals surface area (Å²) in [6.45, 7) is 4.01. The first-order chi connectivity index (χ1) is 14.6. The van der Waals surface area contributed by atoms with E-state index in [0.29, 0.717) is 35.0 Å². The summed E-state index contributed by atoms with van der Waals surface area (Å²) < 4.78 is 30.4. The van der Waals surface area contributed by atoms with Crippen molar-refractivity contribution in [2.75, 3.05) is 20.4 Å². The normalized spacial score (nSPS) is 18.3. The van der Waals surface area contributed by atoms with E-state index in [1.807, 2.05) is 31.2 Å². The zero-order valence-electron chi connectivity index (χ0n) is 17.9. The summed E-state index contributed by atoms with van der Waals surface area (Å²) in [6, 6.07) is 10.6. The van der Waals surface area contributed by atoms with Crippen molar-refractivity contribution in [1.29, 1.82) is 0 Å². The predicted octanol–water partition coefficient (Wildman–Crippen LogP) is 5.16. The Kier molecular flexibility index (Phi) is 7.69. The van der Waals surface area contributed by atoms with Gasteiger partial charge in [0, 0.05) is 23.2 Å². The van der Waals surface area contributed by atoms with Crippen LogP contribution in [0.2, 0.25) is 0 Å². The van der Waals surface area contributed by atoms with Gasteiger partial charge in [-0.25, -0.2) is 9.18 Å². The van der Waals surface area contributed by atoms with Crippen molar-refractivity contribution in [3.63, 3.8) is 0 Å². The van der Waals surface area contributed by atoms with Crippen molar-refractivity contribution < 1.29 is 23.4 Å². The van der Waals surface area contributed by atoms with Crippen molar-refractivity contribution in [3.05, 3.63) is 53.1 Å². The van der Waals surface area contributed by atoms with Crippen LogP contribution in [0.1, 0.15) is 60.1 Å². The number of para-hydroxylation sites is 1. The topological polar surface area (TPSA) is 56.8 Å². The molecule has 5 nitrogen and oxygen atoms in total. The average Bonchev–Trinajstić information content (AvgIpc) is 3.23. The Bertz CT molecular complexity index is 856. The summed E-state index contributed by atoms with van der Waals surface area (Å²) in [5.41, 5.74) is 1.90. The van der Waals surface area contributed by atoms with Crippen LogP contribution in [0.25, 0.3) is 0 Å². The minimum Gasteiger partial charge on any atom is -0.496 e. The quantitative estimate of drug-likeness (QED) is 0.348. The average molecular weight is 416 g/mol. The van der Waals surface area contributed by atoms with Crippen LogP contribution >= 0.6 is 0 Å². The Morgan fingerprint density at radius 1 is 1.23 bits per heavy atom. The number of nitrogens with one attached hydrogen (secondary N) is 1. The Labute approximate surface area is 177 Å². The minimum atomic E-state index is -0.490. The maximum atomic E-state index is 13.1. The highest BCUT2D eigenvalue weighted by atomic mass is 19.1. The molecule has 30 heavy (non-hydrogen) atoms. The third-order valence-corrected chi connectivity index (χ3v) is 5.43. The molecule has 0 amide bonds. The lowest BCUT2D eigenvalue weighted by Gasteiger charge is -2.22. The van der Waals surface area contributed by atoms with Gasteiger partial charge in [0.15, 0.2) is 0 Å². The highest BCUT2D eigenvalue weighted by Crippen LogP contribution is 2.41. The molecule has 162 valence electrons. The molecule has 1 aliphatic heterocycles. The second-order valence-corrected chi connectivity index (χ2v) is 7.55. The summed E-state index contributed by atoms with van der Waals surface area (Å²) in [5.74, 6) is 1.06. The van der Waals surface area contributed by atoms with Crippen LogP contribution in [0.5, 0.6) is 17.2 Å². The van der Waals surface area contributed by atoms with E-state index < -0.39 is 12.6 Å². The molecule has 1 fully saturated rings. The molecular formula is C24H30FNO4. The Morgan fingerprint density at radius 3 is 2.63 bits per heavy atom. The summed E-state index contributed by atoms with van der Waals surface area (Å²) in [7, 11) is 1.58. The van der Waals surface area contributed by atoms with Gasteiger partial charge in [-0.1, -0.05) is 31.5 Å². The summed E-state index contributed by atoms with van der Waals surface area (Å²) in [5, 5.41) is 3.32. The largest absolute Gasteiger partial charge is 0.496 e. The number of rotatable bonds is 9. The molecule has 6 heteroatoms. The lowest BCUT2D eigenvalue weighted by Crippen LogP contribution is -2.26. The maximum Gasteiger partial charge on any atom is 0.347 e. The highest BCUT2D eigenvalue weighted by Gasteiger charge is 2.31. The monoisotopic (exact) mass is 415 g/mol. The van der Waals surface area contributed by atoms with Gasteiger partial charge in [-0.3, -0.25) is 0 Å². The van der Waals surface area contributed by atoms with Gasteiger partial charge in [-0.2, -0.15) is 0 Å². The first-order valence-electron chi connectivity index (χ1n) is 10.5. The first-order valence-corrected chi connectivity index (χ1v) is 10.5. The SMILES string of the molecule is CCCCOc1cc(C2CC[C@@H](CF)N2)c(OC)c(C)c1C(=O)Oc1ccccc1. The molecule has 0 bridgehead atoms. The van der Waals surface area contributed by atoms with Gasteiger partial charge in [0.25, 0.3) is 0 Å². The highest BCUT2D eigenvalue weighted by molar-refractivity contribution is 5.96. The van der Waals surface area contributed by atoms with Gasteiger partial charge in [0.1, 0.15) is 29.5 Å². The zero-order chi connectivity index (χ0) is 21.5. The lowest BCUT2D eigenvalue weighted by atomic mass is 9.96. The van der Waals surface area contributed by atoms with E-state index in [2.05, 4.69) is 12.2 Å².